The second kappa shape index (κ2) is 9.19. The number of fused-ring (bicyclic) bond motifs is 1. The van der Waals surface area contributed by atoms with Crippen molar-refractivity contribution in [1.82, 2.24) is 0 Å². The number of non-ortho nitro benzene ring substituents is 1. The molecule has 1 aromatic heterocycles. The standard InChI is InChI=1S/C26H22N2O6/c1-15-10-16(2)26(17(3)11-15)27-24(29)14-33-20-8-9-21-22(13-25(30)34-23(21)12-20)18-4-6-19(7-5-18)28(31)32/h4-13H,14H2,1-3H3,(H,27,29). The highest BCUT2D eigenvalue weighted by Crippen LogP contribution is 2.31. The van der Waals surface area contributed by atoms with Gasteiger partial charge >= 0.3 is 5.63 Å². The monoisotopic (exact) mass is 458 g/mol. The molecule has 0 aliphatic carbocycles. The van der Waals surface area contributed by atoms with Gasteiger partial charge in [0.1, 0.15) is 11.3 Å². The van der Waals surface area contributed by atoms with Crippen LogP contribution in [0.5, 0.6) is 5.75 Å². The molecule has 0 aliphatic heterocycles. The van der Waals surface area contributed by atoms with E-state index in [1.165, 1.54) is 18.2 Å². The van der Waals surface area contributed by atoms with Crippen LogP contribution in [0.1, 0.15) is 16.7 Å². The minimum absolute atomic E-state index is 0.0407. The van der Waals surface area contributed by atoms with Crippen molar-refractivity contribution in [3.63, 3.8) is 0 Å². The van der Waals surface area contributed by atoms with Gasteiger partial charge in [0, 0.05) is 35.3 Å². The van der Waals surface area contributed by atoms with Crippen LogP contribution in [0.2, 0.25) is 0 Å². The predicted molar refractivity (Wildman–Crippen MR) is 129 cm³/mol. The van der Waals surface area contributed by atoms with Gasteiger partial charge in [-0.2, -0.15) is 0 Å². The number of rotatable bonds is 6. The number of amides is 1. The molecule has 0 saturated heterocycles. The third kappa shape index (κ3) is 4.80. The number of hydrogen-bond acceptors (Lipinski definition) is 6. The zero-order valence-electron chi connectivity index (χ0n) is 18.9. The van der Waals surface area contributed by atoms with E-state index in [1.807, 2.05) is 32.9 Å². The number of nitro benzene ring substituents is 1. The molecule has 0 atom stereocenters. The lowest BCUT2D eigenvalue weighted by molar-refractivity contribution is -0.384. The maximum absolute atomic E-state index is 12.4. The molecule has 0 saturated carbocycles. The first kappa shape index (κ1) is 22.7. The van der Waals surface area contributed by atoms with Crippen LogP contribution in [0, 0.1) is 30.9 Å². The molecule has 0 fully saturated rings. The van der Waals surface area contributed by atoms with E-state index in [1.54, 1.807) is 30.3 Å². The molecule has 1 heterocycles. The molecular weight excluding hydrogens is 436 g/mol. The molecule has 0 unspecified atom stereocenters. The number of anilines is 1. The van der Waals surface area contributed by atoms with Gasteiger partial charge < -0.3 is 14.5 Å². The topological polar surface area (TPSA) is 112 Å². The van der Waals surface area contributed by atoms with Gasteiger partial charge in [-0.1, -0.05) is 17.7 Å². The second-order valence-corrected chi connectivity index (χ2v) is 8.05. The number of carbonyl (C=O) groups is 1. The summed E-state index contributed by atoms with van der Waals surface area (Å²) in [6.45, 7) is 5.65. The van der Waals surface area contributed by atoms with Gasteiger partial charge in [0.2, 0.25) is 0 Å². The van der Waals surface area contributed by atoms with Gasteiger partial charge in [-0.25, -0.2) is 4.79 Å². The van der Waals surface area contributed by atoms with Crippen molar-refractivity contribution in [2.75, 3.05) is 11.9 Å². The van der Waals surface area contributed by atoms with Crippen molar-refractivity contribution >= 4 is 28.3 Å². The number of ether oxygens (including phenoxy) is 1. The molecule has 1 N–H and O–H groups in total. The van der Waals surface area contributed by atoms with Crippen LogP contribution in [-0.4, -0.2) is 17.4 Å². The zero-order valence-corrected chi connectivity index (χ0v) is 18.9. The van der Waals surface area contributed by atoms with Crippen LogP contribution in [0.3, 0.4) is 0 Å². The fourth-order valence-corrected chi connectivity index (χ4v) is 3.94. The lowest BCUT2D eigenvalue weighted by Crippen LogP contribution is -2.21. The number of benzene rings is 3. The SMILES string of the molecule is Cc1cc(C)c(NC(=O)COc2ccc3c(-c4ccc([N+](=O)[O-])cc4)cc(=O)oc3c2)c(C)c1. The third-order valence-electron chi connectivity index (χ3n) is 5.42. The first-order chi connectivity index (χ1) is 16.2. The summed E-state index contributed by atoms with van der Waals surface area (Å²) < 4.78 is 11.0. The normalized spacial score (nSPS) is 10.8. The van der Waals surface area contributed by atoms with Crippen LogP contribution in [0.4, 0.5) is 11.4 Å². The lowest BCUT2D eigenvalue weighted by atomic mass is 10.0. The van der Waals surface area contributed by atoms with Gasteiger partial charge in [-0.15, -0.1) is 0 Å². The third-order valence-corrected chi connectivity index (χ3v) is 5.42. The van der Waals surface area contributed by atoms with E-state index < -0.39 is 10.5 Å². The van der Waals surface area contributed by atoms with Gasteiger partial charge in [0.25, 0.3) is 11.6 Å². The number of hydrogen-bond donors (Lipinski definition) is 1. The quantitative estimate of drug-likeness (QED) is 0.238. The molecule has 1 amide bonds. The number of nitrogens with zero attached hydrogens (tertiary/aromatic N) is 1. The highest BCUT2D eigenvalue weighted by atomic mass is 16.6. The van der Waals surface area contributed by atoms with E-state index in [2.05, 4.69) is 5.32 Å². The summed E-state index contributed by atoms with van der Waals surface area (Å²) in [5.74, 6) is 0.0558. The van der Waals surface area contributed by atoms with Crippen molar-refractivity contribution < 1.29 is 18.9 Å². The molecule has 34 heavy (non-hydrogen) atoms. The van der Waals surface area contributed by atoms with Crippen molar-refractivity contribution in [2.45, 2.75) is 20.8 Å². The van der Waals surface area contributed by atoms with Crippen molar-refractivity contribution in [1.29, 1.82) is 0 Å². The molecule has 0 spiro atoms. The smallest absolute Gasteiger partial charge is 0.336 e. The molecule has 8 nitrogen and oxygen atoms in total. The van der Waals surface area contributed by atoms with E-state index in [4.69, 9.17) is 9.15 Å². The Labute approximate surface area is 194 Å². The summed E-state index contributed by atoms with van der Waals surface area (Å²) in [4.78, 5) is 35.0. The highest BCUT2D eigenvalue weighted by molar-refractivity contribution is 5.95. The van der Waals surface area contributed by atoms with Crippen LogP contribution >= 0.6 is 0 Å². The van der Waals surface area contributed by atoms with Crippen molar-refractivity contribution in [3.05, 3.63) is 97.9 Å². The minimum Gasteiger partial charge on any atom is -0.484 e. The molecule has 172 valence electrons. The summed E-state index contributed by atoms with van der Waals surface area (Å²) >= 11 is 0. The Kier molecular flexibility index (Phi) is 6.14. The Morgan fingerprint density at radius 3 is 2.32 bits per heavy atom. The number of nitro groups is 1. The Balaban J connectivity index is 1.54. The van der Waals surface area contributed by atoms with E-state index in [-0.39, 0.29) is 23.8 Å². The van der Waals surface area contributed by atoms with Crippen molar-refractivity contribution in [3.8, 4) is 16.9 Å². The summed E-state index contributed by atoms with van der Waals surface area (Å²) in [7, 11) is 0. The Bertz CT molecular complexity index is 1450. The molecular formula is C26H22N2O6. The number of carbonyl (C=O) groups excluding carboxylic acids is 1. The lowest BCUT2D eigenvalue weighted by Gasteiger charge is -2.13. The van der Waals surface area contributed by atoms with Gasteiger partial charge in [0.05, 0.1) is 4.92 Å². The fraction of sp³-hybridized carbons (Fsp3) is 0.154. The largest absolute Gasteiger partial charge is 0.484 e. The molecule has 0 aliphatic rings. The Hall–Kier alpha value is -4.46. The number of nitrogens with one attached hydrogen (secondary N) is 1. The van der Waals surface area contributed by atoms with E-state index in [0.29, 0.717) is 22.3 Å². The minimum atomic E-state index is -0.568. The highest BCUT2D eigenvalue weighted by Gasteiger charge is 2.13. The van der Waals surface area contributed by atoms with Crippen molar-refractivity contribution in [2.24, 2.45) is 0 Å². The Morgan fingerprint density at radius 1 is 1.00 bits per heavy atom. The van der Waals surface area contributed by atoms with Crippen LogP contribution < -0.4 is 15.7 Å². The Morgan fingerprint density at radius 2 is 1.68 bits per heavy atom. The average Bonchev–Trinajstić information content (AvgIpc) is 2.79. The maximum Gasteiger partial charge on any atom is 0.336 e. The molecule has 0 radical (unpaired) electrons. The van der Waals surface area contributed by atoms with E-state index in [0.717, 1.165) is 22.4 Å². The first-order valence-corrected chi connectivity index (χ1v) is 10.5. The van der Waals surface area contributed by atoms with Crippen LogP contribution in [-0.2, 0) is 4.79 Å². The van der Waals surface area contributed by atoms with Gasteiger partial charge in [-0.05, 0) is 67.3 Å². The van der Waals surface area contributed by atoms with Gasteiger partial charge in [0.15, 0.2) is 6.61 Å². The number of aryl methyl sites for hydroxylation is 3. The summed E-state index contributed by atoms with van der Waals surface area (Å²) in [6, 6.07) is 16.2. The predicted octanol–water partition coefficient (Wildman–Crippen LogP) is 5.31. The molecule has 8 heteroatoms. The summed E-state index contributed by atoms with van der Waals surface area (Å²) in [6.07, 6.45) is 0. The van der Waals surface area contributed by atoms with E-state index in [9.17, 15) is 19.7 Å². The first-order valence-electron chi connectivity index (χ1n) is 10.5. The van der Waals surface area contributed by atoms with Gasteiger partial charge in [-0.3, -0.25) is 14.9 Å². The molecule has 3 aromatic carbocycles. The second-order valence-electron chi connectivity index (χ2n) is 8.05. The van der Waals surface area contributed by atoms with Crippen LogP contribution in [0.25, 0.3) is 22.1 Å². The van der Waals surface area contributed by atoms with E-state index >= 15 is 0 Å². The summed E-state index contributed by atoms with van der Waals surface area (Å²) in [5.41, 5.74) is 4.71. The molecule has 0 bridgehead atoms. The average molecular weight is 458 g/mol. The summed E-state index contributed by atoms with van der Waals surface area (Å²) in [5, 5.41) is 14.4. The fourth-order valence-electron chi connectivity index (χ4n) is 3.94. The maximum atomic E-state index is 12.4. The van der Waals surface area contributed by atoms with Crippen LogP contribution in [0.15, 0.2) is 69.9 Å². The molecule has 4 rings (SSSR count). The molecule has 4 aromatic rings. The zero-order chi connectivity index (χ0) is 24.4.